The molecule has 0 spiro atoms. The van der Waals surface area contributed by atoms with Crippen molar-refractivity contribution in [3.8, 4) is 0 Å². The van der Waals surface area contributed by atoms with Gasteiger partial charge in [-0.15, -0.1) is 0 Å². The number of nitrogens with zero attached hydrogens (tertiary/aromatic N) is 1. The van der Waals surface area contributed by atoms with Crippen molar-refractivity contribution in [1.82, 2.24) is 10.2 Å². The van der Waals surface area contributed by atoms with Gasteiger partial charge in [-0.05, 0) is 32.3 Å². The highest BCUT2D eigenvalue weighted by Crippen LogP contribution is 2.18. The molecule has 5 nitrogen and oxygen atoms in total. The van der Waals surface area contributed by atoms with Gasteiger partial charge in [-0.2, -0.15) is 0 Å². The number of hydrogen-bond donors (Lipinski definition) is 2. The molecule has 0 aromatic heterocycles. The van der Waals surface area contributed by atoms with E-state index in [0.29, 0.717) is 26.1 Å². The predicted molar refractivity (Wildman–Crippen MR) is 90.6 cm³/mol. The number of carbonyl (C=O) groups is 2. The largest absolute Gasteiger partial charge is 0.352 e. The molecule has 1 aliphatic rings. The molecule has 1 unspecified atom stereocenters. The summed E-state index contributed by atoms with van der Waals surface area (Å²) in [5.74, 6) is 0.183. The minimum atomic E-state index is -0.113. The van der Waals surface area contributed by atoms with Crippen LogP contribution in [0, 0.1) is 12.8 Å². The highest BCUT2D eigenvalue weighted by Gasteiger charge is 2.27. The van der Waals surface area contributed by atoms with Crippen LogP contribution in [-0.2, 0) is 16.1 Å². The molecule has 2 rings (SSSR count). The molecule has 3 N–H and O–H groups in total. The summed E-state index contributed by atoms with van der Waals surface area (Å²) in [7, 11) is 0. The second-order valence-corrected chi connectivity index (χ2v) is 6.54. The Bertz CT molecular complexity index is 532. The molecule has 2 amide bonds. The molecule has 23 heavy (non-hydrogen) atoms. The summed E-state index contributed by atoms with van der Waals surface area (Å²) in [6.07, 6.45) is 1.83. The Balaban J connectivity index is 1.75. The number of piperidine rings is 1. The van der Waals surface area contributed by atoms with Gasteiger partial charge < -0.3 is 16.0 Å². The number of nitrogens with one attached hydrogen (secondary N) is 1. The highest BCUT2D eigenvalue weighted by molar-refractivity contribution is 5.80. The van der Waals surface area contributed by atoms with Gasteiger partial charge in [0.2, 0.25) is 11.8 Å². The Hall–Kier alpha value is -1.88. The van der Waals surface area contributed by atoms with E-state index in [1.165, 1.54) is 5.56 Å². The van der Waals surface area contributed by atoms with Gasteiger partial charge in [0.05, 0.1) is 0 Å². The first-order valence-electron chi connectivity index (χ1n) is 8.32. The Morgan fingerprint density at radius 2 is 1.87 bits per heavy atom. The molecule has 0 aliphatic carbocycles. The van der Waals surface area contributed by atoms with Crippen LogP contribution < -0.4 is 11.1 Å². The zero-order chi connectivity index (χ0) is 16.8. The molecule has 126 valence electrons. The molecule has 1 aromatic carbocycles. The van der Waals surface area contributed by atoms with Crippen molar-refractivity contribution in [3.05, 3.63) is 35.4 Å². The fraction of sp³-hybridized carbons (Fsp3) is 0.556. The van der Waals surface area contributed by atoms with Crippen LogP contribution in [0.5, 0.6) is 0 Å². The number of rotatable bonds is 5. The zero-order valence-electron chi connectivity index (χ0n) is 14.0. The van der Waals surface area contributed by atoms with Crippen LogP contribution in [0.2, 0.25) is 0 Å². The first-order chi connectivity index (χ1) is 11.0. The van der Waals surface area contributed by atoms with E-state index >= 15 is 0 Å². The van der Waals surface area contributed by atoms with E-state index in [1.54, 1.807) is 0 Å². The molecule has 1 atom stereocenters. The average Bonchev–Trinajstić information content (AvgIpc) is 2.53. The van der Waals surface area contributed by atoms with Crippen molar-refractivity contribution in [2.45, 2.75) is 45.7 Å². The highest BCUT2D eigenvalue weighted by atomic mass is 16.2. The number of amides is 2. The SMILES string of the molecule is Cc1ccc(CNC(=O)C2CCN(C(=O)CC(C)N)CC2)cc1. The van der Waals surface area contributed by atoms with Crippen molar-refractivity contribution in [3.63, 3.8) is 0 Å². The first-order valence-corrected chi connectivity index (χ1v) is 8.32. The van der Waals surface area contributed by atoms with E-state index in [4.69, 9.17) is 5.73 Å². The second kappa shape index (κ2) is 8.11. The molecule has 1 fully saturated rings. The van der Waals surface area contributed by atoms with E-state index in [1.807, 2.05) is 43.0 Å². The molecular weight excluding hydrogens is 290 g/mol. The molecule has 1 saturated heterocycles. The van der Waals surface area contributed by atoms with Crippen molar-refractivity contribution in [2.75, 3.05) is 13.1 Å². The number of likely N-dealkylation sites (tertiary alicyclic amines) is 1. The third-order valence-corrected chi connectivity index (χ3v) is 4.30. The lowest BCUT2D eigenvalue weighted by molar-refractivity contribution is -0.135. The topological polar surface area (TPSA) is 75.4 Å². The smallest absolute Gasteiger partial charge is 0.224 e. The van der Waals surface area contributed by atoms with Crippen LogP contribution >= 0.6 is 0 Å². The average molecular weight is 317 g/mol. The zero-order valence-corrected chi connectivity index (χ0v) is 14.0. The lowest BCUT2D eigenvalue weighted by Crippen LogP contribution is -2.44. The van der Waals surface area contributed by atoms with E-state index in [2.05, 4.69) is 5.32 Å². The molecule has 0 saturated carbocycles. The standard InChI is InChI=1S/C18H27N3O2/c1-13-3-5-15(6-4-13)12-20-18(23)16-7-9-21(10-8-16)17(22)11-14(2)19/h3-6,14,16H,7-12,19H2,1-2H3,(H,20,23). The maximum Gasteiger partial charge on any atom is 0.224 e. The van der Waals surface area contributed by atoms with Gasteiger partial charge in [-0.25, -0.2) is 0 Å². The number of carbonyl (C=O) groups excluding carboxylic acids is 2. The Kier molecular flexibility index (Phi) is 6.16. The van der Waals surface area contributed by atoms with Crippen molar-refractivity contribution in [1.29, 1.82) is 0 Å². The van der Waals surface area contributed by atoms with E-state index in [-0.39, 0.29) is 23.8 Å². The maximum absolute atomic E-state index is 12.3. The summed E-state index contributed by atoms with van der Waals surface area (Å²) >= 11 is 0. The van der Waals surface area contributed by atoms with Crippen LogP contribution in [0.3, 0.4) is 0 Å². The van der Waals surface area contributed by atoms with Gasteiger partial charge in [0, 0.05) is 38.0 Å². The summed E-state index contributed by atoms with van der Waals surface area (Å²) in [6, 6.07) is 8.04. The number of hydrogen-bond acceptors (Lipinski definition) is 3. The van der Waals surface area contributed by atoms with Gasteiger partial charge in [-0.3, -0.25) is 9.59 Å². The lowest BCUT2D eigenvalue weighted by Gasteiger charge is -2.31. The minimum absolute atomic E-state index is 0.000187. The summed E-state index contributed by atoms with van der Waals surface area (Å²) in [5, 5.41) is 3.00. The van der Waals surface area contributed by atoms with Gasteiger partial charge in [0.15, 0.2) is 0 Å². The van der Waals surface area contributed by atoms with E-state index < -0.39 is 0 Å². The third kappa shape index (κ3) is 5.36. The molecule has 1 heterocycles. The van der Waals surface area contributed by atoms with Crippen molar-refractivity contribution < 1.29 is 9.59 Å². The quantitative estimate of drug-likeness (QED) is 0.866. The van der Waals surface area contributed by atoms with E-state index in [9.17, 15) is 9.59 Å². The van der Waals surface area contributed by atoms with E-state index in [0.717, 1.165) is 18.4 Å². The lowest BCUT2D eigenvalue weighted by atomic mass is 9.95. The molecule has 0 radical (unpaired) electrons. The van der Waals surface area contributed by atoms with Gasteiger partial charge in [0.1, 0.15) is 0 Å². The summed E-state index contributed by atoms with van der Waals surface area (Å²) in [6.45, 7) is 5.73. The van der Waals surface area contributed by atoms with Crippen LogP contribution in [0.1, 0.15) is 37.3 Å². The third-order valence-electron chi connectivity index (χ3n) is 4.30. The summed E-state index contributed by atoms with van der Waals surface area (Å²) in [4.78, 5) is 26.1. The van der Waals surface area contributed by atoms with Gasteiger partial charge in [-0.1, -0.05) is 29.8 Å². The van der Waals surface area contributed by atoms with Crippen LogP contribution in [0.15, 0.2) is 24.3 Å². The second-order valence-electron chi connectivity index (χ2n) is 6.54. The Labute approximate surface area is 138 Å². The Morgan fingerprint density at radius 3 is 2.43 bits per heavy atom. The Morgan fingerprint density at radius 1 is 1.26 bits per heavy atom. The van der Waals surface area contributed by atoms with Gasteiger partial charge >= 0.3 is 0 Å². The minimum Gasteiger partial charge on any atom is -0.352 e. The molecule has 0 bridgehead atoms. The van der Waals surface area contributed by atoms with Crippen LogP contribution in [0.4, 0.5) is 0 Å². The fourth-order valence-electron chi connectivity index (χ4n) is 2.84. The fourth-order valence-corrected chi connectivity index (χ4v) is 2.84. The molecule has 5 heteroatoms. The predicted octanol–water partition coefficient (Wildman–Crippen LogP) is 1.59. The maximum atomic E-state index is 12.3. The van der Waals surface area contributed by atoms with Crippen LogP contribution in [-0.4, -0.2) is 35.8 Å². The van der Waals surface area contributed by atoms with Gasteiger partial charge in [0.25, 0.3) is 0 Å². The first kappa shape index (κ1) is 17.5. The number of nitrogens with two attached hydrogens (primary N) is 1. The van der Waals surface area contributed by atoms with Crippen LogP contribution in [0.25, 0.3) is 0 Å². The summed E-state index contributed by atoms with van der Waals surface area (Å²) in [5.41, 5.74) is 7.99. The normalized spacial score (nSPS) is 16.9. The van der Waals surface area contributed by atoms with Crippen molar-refractivity contribution >= 4 is 11.8 Å². The number of benzene rings is 1. The number of aryl methyl sites for hydroxylation is 1. The monoisotopic (exact) mass is 317 g/mol. The molecule has 1 aromatic rings. The summed E-state index contributed by atoms with van der Waals surface area (Å²) < 4.78 is 0. The van der Waals surface area contributed by atoms with Crippen molar-refractivity contribution in [2.24, 2.45) is 11.7 Å². The molecular formula is C18H27N3O2. The molecule has 1 aliphatic heterocycles.